The second-order valence-electron chi connectivity index (χ2n) is 7.46. The van der Waals surface area contributed by atoms with Crippen LogP contribution in [-0.4, -0.2) is 34.7 Å². The highest BCUT2D eigenvalue weighted by atomic mass is 16.6. The van der Waals surface area contributed by atoms with Gasteiger partial charge in [-0.05, 0) is 23.8 Å². The van der Waals surface area contributed by atoms with Gasteiger partial charge < -0.3 is 10.2 Å². The number of amides is 3. The summed E-state index contributed by atoms with van der Waals surface area (Å²) in [5.41, 5.74) is 1.96. The zero-order valence-corrected chi connectivity index (χ0v) is 15.5. The van der Waals surface area contributed by atoms with Gasteiger partial charge in [0, 0.05) is 23.5 Å². The minimum absolute atomic E-state index is 0.0927. The van der Waals surface area contributed by atoms with Gasteiger partial charge in [0.15, 0.2) is 0 Å². The molecule has 0 saturated carbocycles. The topological polar surface area (TPSA) is 122 Å². The molecule has 30 heavy (non-hydrogen) atoms. The van der Waals surface area contributed by atoms with Crippen molar-refractivity contribution < 1.29 is 19.3 Å². The minimum atomic E-state index is -0.896. The fourth-order valence-corrected chi connectivity index (χ4v) is 4.61. The van der Waals surface area contributed by atoms with Gasteiger partial charge in [-0.2, -0.15) is 0 Å². The Hall–Kier alpha value is -4.01. The summed E-state index contributed by atoms with van der Waals surface area (Å²) in [5.74, 6) is -2.77. The predicted molar refractivity (Wildman–Crippen MR) is 107 cm³/mol. The Morgan fingerprint density at radius 3 is 2.47 bits per heavy atom. The van der Waals surface area contributed by atoms with Crippen LogP contribution in [0.2, 0.25) is 0 Å². The molecule has 2 fully saturated rings. The van der Waals surface area contributed by atoms with Crippen LogP contribution in [0.25, 0.3) is 6.08 Å². The van der Waals surface area contributed by atoms with Gasteiger partial charge in [-0.25, -0.2) is 0 Å². The molecule has 3 aliphatic rings. The molecule has 3 amide bonds. The molecule has 2 N–H and O–H groups in total. The molecule has 0 aliphatic carbocycles. The lowest BCUT2D eigenvalue weighted by atomic mass is 9.88. The van der Waals surface area contributed by atoms with Gasteiger partial charge in [0.05, 0.1) is 22.8 Å². The van der Waals surface area contributed by atoms with Gasteiger partial charge in [-0.3, -0.25) is 29.8 Å². The number of nitrogens with zero attached hydrogens (tertiary/aromatic N) is 2. The highest BCUT2D eigenvalue weighted by Gasteiger charge is 2.61. The van der Waals surface area contributed by atoms with Crippen molar-refractivity contribution in [3.05, 3.63) is 70.3 Å². The van der Waals surface area contributed by atoms with E-state index in [-0.39, 0.29) is 11.6 Å². The number of hydrogen-bond donors (Lipinski definition) is 2. The fraction of sp³-hybridized carbons (Fsp3) is 0.190. The molecule has 0 unspecified atom stereocenters. The van der Waals surface area contributed by atoms with E-state index >= 15 is 0 Å². The van der Waals surface area contributed by atoms with E-state index in [4.69, 9.17) is 0 Å². The van der Waals surface area contributed by atoms with Crippen LogP contribution in [0.15, 0.2) is 54.6 Å². The van der Waals surface area contributed by atoms with Gasteiger partial charge in [0.2, 0.25) is 17.7 Å². The first-order chi connectivity index (χ1) is 14.5. The monoisotopic (exact) mass is 404 g/mol. The van der Waals surface area contributed by atoms with Gasteiger partial charge in [0.1, 0.15) is 6.04 Å². The van der Waals surface area contributed by atoms with Crippen molar-refractivity contribution in [1.29, 1.82) is 0 Å². The Balaban J connectivity index is 1.52. The zero-order valence-electron chi connectivity index (χ0n) is 15.5. The van der Waals surface area contributed by atoms with E-state index in [0.29, 0.717) is 5.69 Å². The maximum Gasteiger partial charge on any atom is 0.269 e. The number of nitro groups is 1. The van der Waals surface area contributed by atoms with E-state index in [9.17, 15) is 24.5 Å². The number of rotatable bonds is 3. The molecule has 2 saturated heterocycles. The number of benzene rings is 2. The van der Waals surface area contributed by atoms with Gasteiger partial charge >= 0.3 is 0 Å². The molecule has 3 aliphatic heterocycles. The minimum Gasteiger partial charge on any atom is -0.351 e. The standard InChI is InChI=1S/C21H16N4O5/c26-19-16-15-10-5-11-3-1-2-4-14(11)24(15)18(17(16)20(27)23-19)21(28)22-12-6-8-13(9-7-12)25(29)30/h1-10,15-18H,(H,22,28)(H,23,26,27)/t15-,16-,17-,18+/m1/s1. The van der Waals surface area contributed by atoms with Crippen LogP contribution in [0.5, 0.6) is 0 Å². The van der Waals surface area contributed by atoms with Crippen LogP contribution in [0.4, 0.5) is 17.1 Å². The first kappa shape index (κ1) is 18.0. The van der Waals surface area contributed by atoms with Gasteiger partial charge in [-0.1, -0.05) is 30.4 Å². The molecule has 5 rings (SSSR count). The number of anilines is 2. The number of nitro benzene ring substituents is 1. The highest BCUT2D eigenvalue weighted by molar-refractivity contribution is 6.12. The summed E-state index contributed by atoms with van der Waals surface area (Å²) < 4.78 is 0. The molecular weight excluding hydrogens is 388 g/mol. The van der Waals surface area contributed by atoms with Crippen LogP contribution in [-0.2, 0) is 14.4 Å². The van der Waals surface area contributed by atoms with Crippen molar-refractivity contribution in [2.75, 3.05) is 10.2 Å². The quantitative estimate of drug-likeness (QED) is 0.456. The van der Waals surface area contributed by atoms with Crippen LogP contribution in [0.3, 0.4) is 0 Å². The molecule has 4 atom stereocenters. The van der Waals surface area contributed by atoms with Crippen molar-refractivity contribution in [1.82, 2.24) is 5.32 Å². The number of imide groups is 1. The molecule has 3 heterocycles. The molecule has 9 heteroatoms. The summed E-state index contributed by atoms with van der Waals surface area (Å²) in [7, 11) is 0. The average Bonchev–Trinajstić information content (AvgIpc) is 3.24. The molecule has 150 valence electrons. The van der Waals surface area contributed by atoms with Crippen LogP contribution < -0.4 is 15.5 Å². The first-order valence-electron chi connectivity index (χ1n) is 9.41. The largest absolute Gasteiger partial charge is 0.351 e. The summed E-state index contributed by atoms with van der Waals surface area (Å²) in [5, 5.41) is 15.9. The Bertz CT molecular complexity index is 1130. The Labute approximate surface area is 170 Å². The van der Waals surface area contributed by atoms with E-state index in [1.807, 2.05) is 41.3 Å². The number of nitrogens with one attached hydrogen (secondary N) is 2. The summed E-state index contributed by atoms with van der Waals surface area (Å²) >= 11 is 0. The maximum absolute atomic E-state index is 13.3. The predicted octanol–water partition coefficient (Wildman–Crippen LogP) is 1.71. The molecule has 0 spiro atoms. The lowest BCUT2D eigenvalue weighted by Crippen LogP contribution is -2.49. The Morgan fingerprint density at radius 1 is 1.03 bits per heavy atom. The lowest BCUT2D eigenvalue weighted by Gasteiger charge is -2.35. The van der Waals surface area contributed by atoms with E-state index in [1.54, 1.807) is 0 Å². The molecule has 2 aromatic carbocycles. The normalized spacial score (nSPS) is 25.9. The third-order valence-corrected chi connectivity index (χ3v) is 5.87. The van der Waals surface area contributed by atoms with E-state index in [1.165, 1.54) is 24.3 Å². The van der Waals surface area contributed by atoms with Crippen molar-refractivity contribution in [2.45, 2.75) is 12.1 Å². The number of fused-ring (bicyclic) bond motifs is 5. The molecule has 0 bridgehead atoms. The summed E-state index contributed by atoms with van der Waals surface area (Å²) in [6, 6.07) is 11.6. The number of para-hydroxylation sites is 1. The average molecular weight is 404 g/mol. The number of carbonyl (C=O) groups excluding carboxylic acids is 3. The van der Waals surface area contributed by atoms with Crippen molar-refractivity contribution in [3.63, 3.8) is 0 Å². The van der Waals surface area contributed by atoms with Crippen molar-refractivity contribution >= 4 is 40.9 Å². The molecule has 2 aromatic rings. The molecular formula is C21H16N4O5. The second-order valence-corrected chi connectivity index (χ2v) is 7.46. The summed E-state index contributed by atoms with van der Waals surface area (Å²) in [6.07, 6.45) is 3.76. The second kappa shape index (κ2) is 6.51. The van der Waals surface area contributed by atoms with Gasteiger partial charge in [0.25, 0.3) is 5.69 Å². The zero-order chi connectivity index (χ0) is 21.0. The third-order valence-electron chi connectivity index (χ3n) is 5.87. The van der Waals surface area contributed by atoms with Crippen LogP contribution in [0, 0.1) is 22.0 Å². The summed E-state index contributed by atoms with van der Waals surface area (Å²) in [6.45, 7) is 0. The van der Waals surface area contributed by atoms with Crippen LogP contribution in [0.1, 0.15) is 5.56 Å². The van der Waals surface area contributed by atoms with Gasteiger partial charge in [-0.15, -0.1) is 0 Å². The van der Waals surface area contributed by atoms with Crippen molar-refractivity contribution in [3.8, 4) is 0 Å². The van der Waals surface area contributed by atoms with Crippen molar-refractivity contribution in [2.24, 2.45) is 11.8 Å². The molecule has 0 aromatic heterocycles. The van der Waals surface area contributed by atoms with E-state index < -0.39 is 40.7 Å². The number of carbonyl (C=O) groups is 3. The van der Waals surface area contributed by atoms with E-state index in [2.05, 4.69) is 10.6 Å². The SMILES string of the molecule is O=C1NC(=O)[C@H]2[C@@H]1[C@@H](C(=O)Nc1ccc([N+](=O)[O-])cc1)N1c3ccccc3C=C[C@H]21. The number of hydrogen-bond acceptors (Lipinski definition) is 6. The smallest absolute Gasteiger partial charge is 0.269 e. The molecule has 9 nitrogen and oxygen atoms in total. The Kier molecular flexibility index (Phi) is 3.92. The third kappa shape index (κ3) is 2.59. The van der Waals surface area contributed by atoms with E-state index in [0.717, 1.165) is 11.3 Å². The highest BCUT2D eigenvalue weighted by Crippen LogP contribution is 2.46. The Morgan fingerprint density at radius 2 is 1.73 bits per heavy atom. The first-order valence-corrected chi connectivity index (χ1v) is 9.41. The van der Waals surface area contributed by atoms with Crippen LogP contribution >= 0.6 is 0 Å². The molecule has 0 radical (unpaired) electrons. The number of non-ortho nitro benzene ring substituents is 1. The summed E-state index contributed by atoms with van der Waals surface area (Å²) in [4.78, 5) is 50.5. The lowest BCUT2D eigenvalue weighted by molar-refractivity contribution is -0.384. The fourth-order valence-electron chi connectivity index (χ4n) is 4.61. The maximum atomic E-state index is 13.3.